The lowest BCUT2D eigenvalue weighted by Gasteiger charge is -2.21. The Morgan fingerprint density at radius 3 is 2.41 bits per heavy atom. The van der Waals surface area contributed by atoms with Crippen molar-refractivity contribution in [3.8, 4) is 11.1 Å². The van der Waals surface area contributed by atoms with E-state index in [1.165, 1.54) is 11.1 Å². The van der Waals surface area contributed by atoms with Crippen LogP contribution in [0.1, 0.15) is 46.7 Å². The number of amides is 1. The van der Waals surface area contributed by atoms with Gasteiger partial charge in [-0.2, -0.15) is 0 Å². The summed E-state index contributed by atoms with van der Waals surface area (Å²) < 4.78 is 0. The summed E-state index contributed by atoms with van der Waals surface area (Å²) in [7, 11) is 0. The lowest BCUT2D eigenvalue weighted by atomic mass is 9.92. The Labute approximate surface area is 191 Å². The molecule has 3 nitrogen and oxygen atoms in total. The Bertz CT molecular complexity index is 1030. The molecule has 164 valence electrons. The van der Waals surface area contributed by atoms with Crippen molar-refractivity contribution in [3.63, 3.8) is 0 Å². The molecule has 0 saturated carbocycles. The molecule has 0 radical (unpaired) electrons. The van der Waals surface area contributed by atoms with Crippen molar-refractivity contribution in [3.05, 3.63) is 108 Å². The lowest BCUT2D eigenvalue weighted by Crippen LogP contribution is -2.33. The molecule has 0 spiro atoms. The molecule has 2 atom stereocenters. The smallest absolute Gasteiger partial charge is 0.251 e. The molecule has 0 aliphatic heterocycles. The van der Waals surface area contributed by atoms with Crippen molar-refractivity contribution in [1.82, 2.24) is 10.6 Å². The van der Waals surface area contributed by atoms with E-state index in [1.807, 2.05) is 48.5 Å². The van der Waals surface area contributed by atoms with E-state index in [4.69, 9.17) is 0 Å². The summed E-state index contributed by atoms with van der Waals surface area (Å²) in [4.78, 5) is 12.5. The van der Waals surface area contributed by atoms with E-state index in [0.29, 0.717) is 24.1 Å². The van der Waals surface area contributed by atoms with Crippen molar-refractivity contribution in [2.75, 3.05) is 13.1 Å². The Morgan fingerprint density at radius 2 is 1.62 bits per heavy atom. The first-order valence-electron chi connectivity index (χ1n) is 11.6. The fourth-order valence-corrected chi connectivity index (χ4v) is 4.72. The second kappa shape index (κ2) is 10.9. The zero-order valence-corrected chi connectivity index (χ0v) is 18.6. The summed E-state index contributed by atoms with van der Waals surface area (Å²) in [6.07, 6.45) is 6.24. The molecule has 4 rings (SSSR count). The maximum atomic E-state index is 12.5. The van der Waals surface area contributed by atoms with Crippen LogP contribution in [0.25, 0.3) is 11.1 Å². The number of nitrogens with one attached hydrogen (secondary N) is 2. The van der Waals surface area contributed by atoms with E-state index in [2.05, 4.69) is 53.6 Å². The molecule has 3 heteroatoms. The summed E-state index contributed by atoms with van der Waals surface area (Å²) in [5, 5.41) is 6.72. The van der Waals surface area contributed by atoms with Crippen LogP contribution in [0.2, 0.25) is 0 Å². The highest BCUT2D eigenvalue weighted by Crippen LogP contribution is 2.36. The average Bonchev–Trinajstić information content (AvgIpc) is 3.20. The van der Waals surface area contributed by atoms with Gasteiger partial charge in [-0.3, -0.25) is 4.79 Å². The van der Waals surface area contributed by atoms with Crippen molar-refractivity contribution < 1.29 is 4.79 Å². The predicted molar refractivity (Wildman–Crippen MR) is 133 cm³/mol. The van der Waals surface area contributed by atoms with E-state index >= 15 is 0 Å². The van der Waals surface area contributed by atoms with E-state index < -0.39 is 0 Å². The van der Waals surface area contributed by atoms with Crippen molar-refractivity contribution in [2.45, 2.75) is 37.6 Å². The van der Waals surface area contributed by atoms with E-state index in [-0.39, 0.29) is 5.91 Å². The van der Waals surface area contributed by atoms with Gasteiger partial charge in [-0.1, -0.05) is 79.2 Å². The van der Waals surface area contributed by atoms with Crippen molar-refractivity contribution >= 4 is 5.91 Å². The highest BCUT2D eigenvalue weighted by Gasteiger charge is 2.30. The van der Waals surface area contributed by atoms with Crippen molar-refractivity contribution in [1.29, 1.82) is 0 Å². The van der Waals surface area contributed by atoms with Gasteiger partial charge < -0.3 is 10.6 Å². The number of carbonyl (C=O) groups excluding carboxylic acids is 1. The van der Waals surface area contributed by atoms with Crippen LogP contribution in [0.5, 0.6) is 0 Å². The molecule has 0 fully saturated rings. The summed E-state index contributed by atoms with van der Waals surface area (Å²) in [5.41, 5.74) is 5.94. The van der Waals surface area contributed by atoms with Crippen LogP contribution in [0, 0.1) is 0 Å². The average molecular weight is 425 g/mol. The Hall–Kier alpha value is -3.17. The number of fused-ring (bicyclic) bond motifs is 1. The summed E-state index contributed by atoms with van der Waals surface area (Å²) in [5.74, 6) is 0.536. The SMILES string of the molecule is C=CCNC1Cc2ccccc2C1CCCCNC(=O)c1ccc(-c2ccccc2)cc1. The minimum atomic E-state index is 0.00125. The molecule has 3 aromatic rings. The zero-order chi connectivity index (χ0) is 22.2. The molecule has 0 bridgehead atoms. The highest BCUT2D eigenvalue weighted by atomic mass is 16.1. The highest BCUT2D eigenvalue weighted by molar-refractivity contribution is 5.94. The third-order valence-electron chi connectivity index (χ3n) is 6.39. The van der Waals surface area contributed by atoms with Crippen LogP contribution in [-0.2, 0) is 6.42 Å². The molecule has 0 aromatic heterocycles. The van der Waals surface area contributed by atoms with Gasteiger partial charge in [0.15, 0.2) is 0 Å². The number of rotatable bonds is 10. The summed E-state index contributed by atoms with van der Waals surface area (Å²) in [6, 6.07) is 27.3. The fourth-order valence-electron chi connectivity index (χ4n) is 4.72. The molecular weight excluding hydrogens is 392 g/mol. The monoisotopic (exact) mass is 424 g/mol. The standard InChI is InChI=1S/C29H32N2O/c1-2-19-30-28-21-25-12-6-7-13-26(25)27(28)14-8-9-20-31-29(32)24-17-15-23(16-18-24)22-10-4-3-5-11-22/h2-7,10-13,15-18,27-28,30H,1,8-9,14,19-21H2,(H,31,32). The van der Waals surface area contributed by atoms with Gasteiger partial charge in [-0.15, -0.1) is 6.58 Å². The van der Waals surface area contributed by atoms with Gasteiger partial charge in [0, 0.05) is 24.7 Å². The van der Waals surface area contributed by atoms with Gasteiger partial charge in [-0.05, 0) is 59.6 Å². The van der Waals surface area contributed by atoms with E-state index in [9.17, 15) is 4.79 Å². The van der Waals surface area contributed by atoms with Gasteiger partial charge >= 0.3 is 0 Å². The predicted octanol–water partition coefficient (Wildman–Crippen LogP) is 5.74. The van der Waals surface area contributed by atoms with Crippen LogP contribution < -0.4 is 10.6 Å². The van der Waals surface area contributed by atoms with Crippen LogP contribution in [-0.4, -0.2) is 25.0 Å². The van der Waals surface area contributed by atoms with Crippen LogP contribution in [0.3, 0.4) is 0 Å². The largest absolute Gasteiger partial charge is 0.352 e. The van der Waals surface area contributed by atoms with Crippen LogP contribution in [0.15, 0.2) is 91.5 Å². The molecule has 3 aromatic carbocycles. The minimum Gasteiger partial charge on any atom is -0.352 e. The zero-order valence-electron chi connectivity index (χ0n) is 18.6. The first-order chi connectivity index (χ1) is 15.8. The fraction of sp³-hybridized carbons (Fsp3) is 0.276. The number of carbonyl (C=O) groups is 1. The number of unbranched alkanes of at least 4 members (excludes halogenated alkanes) is 1. The first-order valence-corrected chi connectivity index (χ1v) is 11.6. The Balaban J connectivity index is 1.24. The molecule has 1 aliphatic carbocycles. The second-order valence-electron chi connectivity index (χ2n) is 8.51. The normalized spacial score (nSPS) is 17.0. The topological polar surface area (TPSA) is 41.1 Å². The Morgan fingerprint density at radius 1 is 0.906 bits per heavy atom. The van der Waals surface area contributed by atoms with E-state index in [0.717, 1.165) is 43.4 Å². The van der Waals surface area contributed by atoms with Gasteiger partial charge in [0.25, 0.3) is 5.91 Å². The molecule has 1 aliphatic rings. The van der Waals surface area contributed by atoms with Gasteiger partial charge in [0.1, 0.15) is 0 Å². The molecule has 2 N–H and O–H groups in total. The maximum absolute atomic E-state index is 12.5. The number of hydrogen-bond acceptors (Lipinski definition) is 2. The van der Waals surface area contributed by atoms with Gasteiger partial charge in [-0.25, -0.2) is 0 Å². The van der Waals surface area contributed by atoms with E-state index in [1.54, 1.807) is 0 Å². The van der Waals surface area contributed by atoms with Gasteiger partial charge in [0.05, 0.1) is 0 Å². The van der Waals surface area contributed by atoms with Crippen LogP contribution in [0.4, 0.5) is 0 Å². The molecule has 2 unspecified atom stereocenters. The first kappa shape index (κ1) is 22.0. The van der Waals surface area contributed by atoms with Crippen molar-refractivity contribution in [2.24, 2.45) is 0 Å². The third-order valence-corrected chi connectivity index (χ3v) is 6.39. The number of benzene rings is 3. The summed E-state index contributed by atoms with van der Waals surface area (Å²) in [6.45, 7) is 5.39. The molecule has 1 amide bonds. The third kappa shape index (κ3) is 5.35. The van der Waals surface area contributed by atoms with Crippen LogP contribution >= 0.6 is 0 Å². The van der Waals surface area contributed by atoms with Gasteiger partial charge in [0.2, 0.25) is 0 Å². The Kier molecular flexibility index (Phi) is 7.52. The minimum absolute atomic E-state index is 0.00125. The number of hydrogen-bond donors (Lipinski definition) is 2. The quantitative estimate of drug-likeness (QED) is 0.322. The molecular formula is C29H32N2O. The second-order valence-corrected chi connectivity index (χ2v) is 8.51. The summed E-state index contributed by atoms with van der Waals surface area (Å²) >= 11 is 0. The molecule has 0 saturated heterocycles. The molecule has 32 heavy (non-hydrogen) atoms. The maximum Gasteiger partial charge on any atom is 0.251 e. The molecule has 0 heterocycles. The lowest BCUT2D eigenvalue weighted by molar-refractivity contribution is 0.0953.